The molecule has 0 unspecified atom stereocenters. The van der Waals surface area contributed by atoms with Crippen LogP contribution >= 0.6 is 11.6 Å². The van der Waals surface area contributed by atoms with Gasteiger partial charge < -0.3 is 20.5 Å². The molecular formula is C13H17ClN2O3. The van der Waals surface area contributed by atoms with Gasteiger partial charge in [0, 0.05) is 25.9 Å². The fourth-order valence-electron chi connectivity index (χ4n) is 2.42. The number of hydrogen-bond donors (Lipinski definition) is 2. The largest absolute Gasteiger partial charge is 0.478 e. The highest BCUT2D eigenvalue weighted by Gasteiger charge is 2.25. The zero-order chi connectivity index (χ0) is 14.0. The Morgan fingerprint density at radius 2 is 2.11 bits per heavy atom. The smallest absolute Gasteiger partial charge is 0.337 e. The van der Waals surface area contributed by atoms with Crippen LogP contribution in [0, 0.1) is 0 Å². The van der Waals surface area contributed by atoms with Crippen LogP contribution in [0.5, 0.6) is 0 Å². The summed E-state index contributed by atoms with van der Waals surface area (Å²) in [7, 11) is 1.69. The van der Waals surface area contributed by atoms with E-state index >= 15 is 0 Å². The summed E-state index contributed by atoms with van der Waals surface area (Å²) in [5.41, 5.74) is 6.72. The number of anilines is 2. The van der Waals surface area contributed by atoms with Gasteiger partial charge in [-0.25, -0.2) is 4.79 Å². The first-order chi connectivity index (χ1) is 9.02. The van der Waals surface area contributed by atoms with Crippen molar-refractivity contribution < 1.29 is 14.6 Å². The fourth-order valence-corrected chi connectivity index (χ4v) is 2.77. The van der Waals surface area contributed by atoms with Crippen LogP contribution in [-0.4, -0.2) is 37.4 Å². The first kappa shape index (κ1) is 14.0. The van der Waals surface area contributed by atoms with Crippen LogP contribution in [0.15, 0.2) is 12.1 Å². The molecule has 0 atom stereocenters. The van der Waals surface area contributed by atoms with Gasteiger partial charge in [-0.1, -0.05) is 11.6 Å². The van der Waals surface area contributed by atoms with Crippen molar-refractivity contribution in [3.63, 3.8) is 0 Å². The third kappa shape index (κ3) is 2.93. The minimum Gasteiger partial charge on any atom is -0.478 e. The van der Waals surface area contributed by atoms with Crippen molar-refractivity contribution in [2.24, 2.45) is 0 Å². The molecular weight excluding hydrogens is 268 g/mol. The molecule has 0 aliphatic carbocycles. The van der Waals surface area contributed by atoms with Crippen LogP contribution in [0.3, 0.4) is 0 Å². The average Bonchev–Trinajstić information content (AvgIpc) is 2.38. The minimum atomic E-state index is -1.02. The number of carboxylic acid groups (broad SMARTS) is 1. The first-order valence-corrected chi connectivity index (χ1v) is 6.50. The summed E-state index contributed by atoms with van der Waals surface area (Å²) in [4.78, 5) is 13.3. The summed E-state index contributed by atoms with van der Waals surface area (Å²) < 4.78 is 5.31. The number of nitrogens with two attached hydrogens (primary N) is 1. The lowest BCUT2D eigenvalue weighted by Gasteiger charge is -2.34. The zero-order valence-corrected chi connectivity index (χ0v) is 11.5. The Labute approximate surface area is 116 Å². The molecule has 1 aliphatic rings. The fraction of sp³-hybridized carbons (Fsp3) is 0.462. The van der Waals surface area contributed by atoms with Gasteiger partial charge >= 0.3 is 5.97 Å². The minimum absolute atomic E-state index is 0.154. The Kier molecular flexibility index (Phi) is 4.17. The maximum atomic E-state index is 11.3. The summed E-state index contributed by atoms with van der Waals surface area (Å²) in [6, 6.07) is 3.04. The van der Waals surface area contributed by atoms with E-state index in [0.717, 1.165) is 25.9 Å². The van der Waals surface area contributed by atoms with E-state index in [2.05, 4.69) is 0 Å². The van der Waals surface area contributed by atoms with Gasteiger partial charge in [-0.05, 0) is 25.0 Å². The number of nitrogens with zero attached hydrogens (tertiary/aromatic N) is 1. The van der Waals surface area contributed by atoms with Gasteiger partial charge in [0.15, 0.2) is 0 Å². The van der Waals surface area contributed by atoms with Crippen molar-refractivity contribution in [1.82, 2.24) is 0 Å². The average molecular weight is 285 g/mol. The third-order valence-electron chi connectivity index (χ3n) is 3.41. The Morgan fingerprint density at radius 3 is 2.63 bits per heavy atom. The van der Waals surface area contributed by atoms with Crippen molar-refractivity contribution >= 4 is 28.9 Å². The third-order valence-corrected chi connectivity index (χ3v) is 3.70. The van der Waals surface area contributed by atoms with Crippen molar-refractivity contribution in [1.29, 1.82) is 0 Å². The van der Waals surface area contributed by atoms with E-state index in [0.29, 0.717) is 16.4 Å². The molecule has 1 aromatic rings. The molecule has 0 radical (unpaired) electrons. The zero-order valence-electron chi connectivity index (χ0n) is 10.7. The number of carbonyl (C=O) groups is 1. The van der Waals surface area contributed by atoms with Crippen molar-refractivity contribution in [2.45, 2.75) is 18.9 Å². The topological polar surface area (TPSA) is 75.8 Å². The quantitative estimate of drug-likeness (QED) is 0.833. The number of hydrogen-bond acceptors (Lipinski definition) is 4. The van der Waals surface area contributed by atoms with Gasteiger partial charge in [0.05, 0.1) is 22.4 Å². The highest BCUT2D eigenvalue weighted by atomic mass is 35.5. The summed E-state index contributed by atoms with van der Waals surface area (Å²) in [5, 5.41) is 9.66. The van der Waals surface area contributed by atoms with Crippen LogP contribution < -0.4 is 10.6 Å². The molecule has 0 bridgehead atoms. The molecule has 0 spiro atoms. The number of nitrogen functional groups attached to an aromatic ring is 1. The molecule has 3 N–H and O–H groups in total. The molecule has 1 aromatic carbocycles. The lowest BCUT2D eigenvalue weighted by molar-refractivity contribution is 0.0696. The molecule has 104 valence electrons. The predicted octanol–water partition coefficient (Wildman–Crippen LogP) is 2.24. The molecule has 1 heterocycles. The molecule has 19 heavy (non-hydrogen) atoms. The van der Waals surface area contributed by atoms with Crippen LogP contribution in [0.25, 0.3) is 0 Å². The van der Waals surface area contributed by atoms with Gasteiger partial charge in [-0.2, -0.15) is 0 Å². The second kappa shape index (κ2) is 5.67. The summed E-state index contributed by atoms with van der Waals surface area (Å²) in [6.07, 6.45) is 1.95. The second-order valence-electron chi connectivity index (χ2n) is 4.63. The van der Waals surface area contributed by atoms with Crippen LogP contribution in [-0.2, 0) is 4.74 Å². The number of aromatic carboxylic acids is 1. The van der Waals surface area contributed by atoms with Crippen LogP contribution in [0.2, 0.25) is 5.02 Å². The number of piperidine rings is 1. The van der Waals surface area contributed by atoms with Gasteiger partial charge in [0.1, 0.15) is 0 Å². The summed E-state index contributed by atoms with van der Waals surface area (Å²) in [6.45, 7) is 1.45. The van der Waals surface area contributed by atoms with Crippen molar-refractivity contribution in [3.05, 3.63) is 22.7 Å². The van der Waals surface area contributed by atoms with E-state index in [1.165, 1.54) is 6.07 Å². The number of methoxy groups -OCH3 is 1. The van der Waals surface area contributed by atoms with Crippen LogP contribution in [0.1, 0.15) is 23.2 Å². The standard InChI is InChI=1S/C13H17ClN2O3/c1-19-9-2-4-16(5-3-9)12-10(13(17)18)6-8(15)7-11(12)14/h6-7,9H,2-5,15H2,1H3,(H,17,18). The Hall–Kier alpha value is -1.46. The van der Waals surface area contributed by atoms with Gasteiger partial charge in [0.2, 0.25) is 0 Å². The molecule has 1 aliphatic heterocycles. The van der Waals surface area contributed by atoms with E-state index in [4.69, 9.17) is 22.1 Å². The van der Waals surface area contributed by atoms with Gasteiger partial charge in [-0.3, -0.25) is 0 Å². The Bertz CT molecular complexity index is 485. The number of halogens is 1. The lowest BCUT2D eigenvalue weighted by atomic mass is 10.0. The van der Waals surface area contributed by atoms with E-state index in [1.807, 2.05) is 4.90 Å². The Balaban J connectivity index is 2.32. The maximum Gasteiger partial charge on any atom is 0.337 e. The molecule has 5 nitrogen and oxygen atoms in total. The number of benzene rings is 1. The van der Waals surface area contributed by atoms with E-state index in [-0.39, 0.29) is 11.7 Å². The molecule has 6 heteroatoms. The Morgan fingerprint density at radius 1 is 1.47 bits per heavy atom. The SMILES string of the molecule is COC1CCN(c2c(Cl)cc(N)cc2C(=O)O)CC1. The number of carboxylic acids is 1. The highest BCUT2D eigenvalue weighted by molar-refractivity contribution is 6.34. The van der Waals surface area contributed by atoms with Gasteiger partial charge in [0.25, 0.3) is 0 Å². The van der Waals surface area contributed by atoms with Crippen molar-refractivity contribution in [3.8, 4) is 0 Å². The normalized spacial score (nSPS) is 16.6. The molecule has 2 rings (SSSR count). The first-order valence-electron chi connectivity index (χ1n) is 6.13. The number of rotatable bonds is 3. The summed E-state index contributed by atoms with van der Waals surface area (Å²) in [5.74, 6) is -1.02. The molecule has 0 saturated carbocycles. The van der Waals surface area contributed by atoms with Crippen LogP contribution in [0.4, 0.5) is 11.4 Å². The summed E-state index contributed by atoms with van der Waals surface area (Å²) >= 11 is 6.17. The van der Waals surface area contributed by atoms with E-state index in [1.54, 1.807) is 13.2 Å². The van der Waals surface area contributed by atoms with Gasteiger partial charge in [-0.15, -0.1) is 0 Å². The number of ether oxygens (including phenoxy) is 1. The second-order valence-corrected chi connectivity index (χ2v) is 5.03. The predicted molar refractivity (Wildman–Crippen MR) is 75.1 cm³/mol. The monoisotopic (exact) mass is 284 g/mol. The maximum absolute atomic E-state index is 11.3. The van der Waals surface area contributed by atoms with E-state index < -0.39 is 5.97 Å². The molecule has 0 aromatic heterocycles. The lowest BCUT2D eigenvalue weighted by Crippen LogP contribution is -2.37. The highest BCUT2D eigenvalue weighted by Crippen LogP contribution is 2.34. The molecule has 1 saturated heterocycles. The molecule has 0 amide bonds. The molecule has 1 fully saturated rings. The van der Waals surface area contributed by atoms with E-state index in [9.17, 15) is 9.90 Å². The van der Waals surface area contributed by atoms with Crippen molar-refractivity contribution in [2.75, 3.05) is 30.8 Å².